The largest absolute Gasteiger partial charge is 0.379 e. The highest BCUT2D eigenvalue weighted by molar-refractivity contribution is 7.90. The molecule has 1 aliphatic rings. The van der Waals surface area contributed by atoms with Gasteiger partial charge in [-0.15, -0.1) is 0 Å². The van der Waals surface area contributed by atoms with Crippen molar-refractivity contribution in [3.05, 3.63) is 0 Å². The number of aliphatic imine (C=N–C) groups is 1. The van der Waals surface area contributed by atoms with Gasteiger partial charge < -0.3 is 15.4 Å². The lowest BCUT2D eigenvalue weighted by Crippen LogP contribution is -2.55. The molecule has 142 valence electrons. The number of hydrogen-bond acceptors (Lipinski definition) is 5. The summed E-state index contributed by atoms with van der Waals surface area (Å²) in [7, 11) is -1.21. The second-order valence-corrected chi connectivity index (χ2v) is 9.21. The summed E-state index contributed by atoms with van der Waals surface area (Å²) < 4.78 is 27.3. The number of guanidine groups is 1. The molecule has 8 heteroatoms. The minimum atomic E-state index is -2.95. The maximum absolute atomic E-state index is 11.0. The van der Waals surface area contributed by atoms with E-state index in [9.17, 15) is 8.42 Å². The van der Waals surface area contributed by atoms with E-state index in [0.29, 0.717) is 13.2 Å². The molecule has 0 amide bonds. The number of piperidine rings is 1. The van der Waals surface area contributed by atoms with Crippen LogP contribution in [0.4, 0.5) is 0 Å². The minimum Gasteiger partial charge on any atom is -0.379 e. The van der Waals surface area contributed by atoms with Crippen LogP contribution in [0, 0.1) is 0 Å². The van der Waals surface area contributed by atoms with E-state index in [1.54, 1.807) is 7.05 Å². The molecule has 0 aromatic carbocycles. The normalized spacial score (nSPS) is 17.8. The van der Waals surface area contributed by atoms with Gasteiger partial charge in [0.25, 0.3) is 0 Å². The molecule has 2 N–H and O–H groups in total. The molecule has 0 atom stereocenters. The van der Waals surface area contributed by atoms with Crippen LogP contribution < -0.4 is 10.6 Å². The van der Waals surface area contributed by atoms with E-state index in [1.807, 2.05) is 0 Å². The van der Waals surface area contributed by atoms with E-state index in [2.05, 4.69) is 34.4 Å². The van der Waals surface area contributed by atoms with Crippen LogP contribution in [-0.2, 0) is 14.6 Å². The van der Waals surface area contributed by atoms with Crippen LogP contribution in [0.25, 0.3) is 0 Å². The third-order valence-corrected chi connectivity index (χ3v) is 5.17. The lowest BCUT2D eigenvalue weighted by Gasteiger charge is -2.41. The fourth-order valence-electron chi connectivity index (χ4n) is 2.69. The molecule has 24 heavy (non-hydrogen) atoms. The third kappa shape index (κ3) is 8.84. The predicted molar refractivity (Wildman–Crippen MR) is 99.4 cm³/mol. The average molecular weight is 363 g/mol. The highest BCUT2D eigenvalue weighted by atomic mass is 32.2. The van der Waals surface area contributed by atoms with Crippen molar-refractivity contribution in [2.75, 3.05) is 58.4 Å². The summed E-state index contributed by atoms with van der Waals surface area (Å²) in [5.74, 6) is 0.802. The number of likely N-dealkylation sites (tertiary alicyclic amines) is 1. The Hall–Kier alpha value is -0.860. The number of hydrogen-bond donors (Lipinski definition) is 2. The first-order valence-electron chi connectivity index (χ1n) is 8.70. The van der Waals surface area contributed by atoms with Crippen molar-refractivity contribution >= 4 is 15.8 Å². The van der Waals surface area contributed by atoms with Crippen molar-refractivity contribution in [3.8, 4) is 0 Å². The van der Waals surface area contributed by atoms with Gasteiger partial charge in [0.1, 0.15) is 9.84 Å². The maximum atomic E-state index is 11.0. The van der Waals surface area contributed by atoms with Crippen LogP contribution in [0.3, 0.4) is 0 Å². The zero-order chi connectivity index (χ0) is 18.1. The molecular weight excluding hydrogens is 328 g/mol. The molecular formula is C16H34N4O3S. The second-order valence-electron chi connectivity index (χ2n) is 6.95. The zero-order valence-corrected chi connectivity index (χ0v) is 16.4. The van der Waals surface area contributed by atoms with E-state index < -0.39 is 9.84 Å². The van der Waals surface area contributed by atoms with E-state index in [1.165, 1.54) is 25.5 Å². The van der Waals surface area contributed by atoms with Crippen molar-refractivity contribution in [1.29, 1.82) is 0 Å². The van der Waals surface area contributed by atoms with Crippen molar-refractivity contribution in [2.24, 2.45) is 4.99 Å². The SMILES string of the molecule is CN=C(NCCOCCS(C)(=O)=O)NCC(C)(C)N1CCCCC1. The van der Waals surface area contributed by atoms with Crippen LogP contribution in [-0.4, -0.2) is 83.3 Å². The molecule has 1 rings (SSSR count). The van der Waals surface area contributed by atoms with E-state index >= 15 is 0 Å². The summed E-state index contributed by atoms with van der Waals surface area (Å²) in [5.41, 5.74) is 0.0873. The molecule has 0 radical (unpaired) electrons. The molecule has 1 aliphatic heterocycles. The molecule has 1 saturated heterocycles. The Kier molecular flexibility index (Phi) is 9.01. The van der Waals surface area contributed by atoms with Gasteiger partial charge >= 0.3 is 0 Å². The Morgan fingerprint density at radius 3 is 2.42 bits per heavy atom. The summed E-state index contributed by atoms with van der Waals surface area (Å²) >= 11 is 0. The molecule has 7 nitrogen and oxygen atoms in total. The quantitative estimate of drug-likeness (QED) is 0.353. The van der Waals surface area contributed by atoms with Crippen molar-refractivity contribution in [3.63, 3.8) is 0 Å². The zero-order valence-electron chi connectivity index (χ0n) is 15.6. The molecule has 1 heterocycles. The number of rotatable bonds is 9. The molecule has 0 spiro atoms. The van der Waals surface area contributed by atoms with Gasteiger partial charge in [0.2, 0.25) is 0 Å². The van der Waals surface area contributed by atoms with Gasteiger partial charge in [-0.3, -0.25) is 9.89 Å². The summed E-state index contributed by atoms with van der Waals surface area (Å²) in [6.07, 6.45) is 5.11. The molecule has 0 bridgehead atoms. The van der Waals surface area contributed by atoms with Crippen molar-refractivity contribution < 1.29 is 13.2 Å². The highest BCUT2D eigenvalue weighted by Gasteiger charge is 2.27. The van der Waals surface area contributed by atoms with Gasteiger partial charge in [-0.25, -0.2) is 8.42 Å². The van der Waals surface area contributed by atoms with Crippen molar-refractivity contribution in [1.82, 2.24) is 15.5 Å². The number of sulfone groups is 1. The fourth-order valence-corrected chi connectivity index (χ4v) is 3.11. The first kappa shape index (κ1) is 21.2. The van der Waals surface area contributed by atoms with E-state index in [-0.39, 0.29) is 17.9 Å². The standard InChI is InChI=1S/C16H34N4O3S/c1-16(2,20-9-6-5-7-10-20)14-19-15(17-3)18-8-11-23-12-13-24(4,21)22/h5-14H2,1-4H3,(H2,17,18,19). The Morgan fingerprint density at radius 2 is 1.83 bits per heavy atom. The first-order chi connectivity index (χ1) is 11.2. The molecule has 0 aromatic rings. The molecule has 0 aromatic heterocycles. The Labute approximate surface area is 147 Å². The van der Waals surface area contributed by atoms with Crippen LogP contribution in [0.5, 0.6) is 0 Å². The summed E-state index contributed by atoms with van der Waals surface area (Å²) in [6.45, 7) is 8.93. The predicted octanol–water partition coefficient (Wildman–Crippen LogP) is 0.477. The summed E-state index contributed by atoms with van der Waals surface area (Å²) in [4.78, 5) is 6.75. The van der Waals surface area contributed by atoms with Gasteiger partial charge in [0, 0.05) is 31.9 Å². The highest BCUT2D eigenvalue weighted by Crippen LogP contribution is 2.19. The smallest absolute Gasteiger partial charge is 0.191 e. The van der Waals surface area contributed by atoms with Gasteiger partial charge in [-0.2, -0.15) is 0 Å². The third-order valence-electron chi connectivity index (χ3n) is 4.26. The van der Waals surface area contributed by atoms with E-state index in [4.69, 9.17) is 4.74 Å². The van der Waals surface area contributed by atoms with Gasteiger partial charge in [-0.1, -0.05) is 6.42 Å². The fraction of sp³-hybridized carbons (Fsp3) is 0.938. The van der Waals surface area contributed by atoms with Crippen LogP contribution in [0.2, 0.25) is 0 Å². The molecule has 1 fully saturated rings. The maximum Gasteiger partial charge on any atom is 0.191 e. The number of nitrogens with zero attached hydrogens (tertiary/aromatic N) is 2. The lowest BCUT2D eigenvalue weighted by molar-refractivity contribution is 0.0981. The summed E-state index contributed by atoms with van der Waals surface area (Å²) in [6, 6.07) is 0. The topological polar surface area (TPSA) is 83.0 Å². The monoisotopic (exact) mass is 362 g/mol. The molecule has 0 unspecified atom stereocenters. The molecule has 0 saturated carbocycles. The van der Waals surface area contributed by atoms with Gasteiger partial charge in [-0.05, 0) is 39.8 Å². The Morgan fingerprint density at radius 1 is 1.17 bits per heavy atom. The van der Waals surface area contributed by atoms with Crippen molar-refractivity contribution in [2.45, 2.75) is 38.6 Å². The number of ether oxygens (including phenoxy) is 1. The average Bonchev–Trinajstić information content (AvgIpc) is 2.53. The Balaban J connectivity index is 2.22. The van der Waals surface area contributed by atoms with E-state index in [0.717, 1.165) is 25.6 Å². The summed E-state index contributed by atoms with van der Waals surface area (Å²) in [5, 5.41) is 6.56. The lowest BCUT2D eigenvalue weighted by atomic mass is 9.98. The second kappa shape index (κ2) is 10.2. The number of nitrogens with one attached hydrogen (secondary N) is 2. The van der Waals surface area contributed by atoms with Crippen LogP contribution in [0.1, 0.15) is 33.1 Å². The minimum absolute atomic E-state index is 0.0595. The van der Waals surface area contributed by atoms with Gasteiger partial charge in [0.05, 0.1) is 19.0 Å². The Bertz CT molecular complexity index is 486. The first-order valence-corrected chi connectivity index (χ1v) is 10.8. The van der Waals surface area contributed by atoms with Crippen LogP contribution >= 0.6 is 0 Å². The van der Waals surface area contributed by atoms with Gasteiger partial charge in [0.15, 0.2) is 5.96 Å². The molecule has 0 aliphatic carbocycles. The van der Waals surface area contributed by atoms with Crippen LogP contribution in [0.15, 0.2) is 4.99 Å².